The van der Waals surface area contributed by atoms with Crippen molar-refractivity contribution in [3.8, 4) is 11.1 Å². The summed E-state index contributed by atoms with van der Waals surface area (Å²) in [5, 5.41) is 0. The van der Waals surface area contributed by atoms with E-state index in [-0.39, 0.29) is 5.78 Å². The Morgan fingerprint density at radius 3 is 2.00 bits per heavy atom. The highest BCUT2D eigenvalue weighted by molar-refractivity contribution is 14.1. The van der Waals surface area contributed by atoms with Crippen LogP contribution in [0.4, 0.5) is 0 Å². The van der Waals surface area contributed by atoms with Crippen LogP contribution in [0.3, 0.4) is 0 Å². The smallest absolute Gasteiger partial charge is 0.185 e. The third-order valence-electron chi connectivity index (χ3n) is 3.57. The summed E-state index contributed by atoms with van der Waals surface area (Å²) in [6.07, 6.45) is 3.48. The van der Waals surface area contributed by atoms with Crippen molar-refractivity contribution in [2.75, 3.05) is 0 Å². The van der Waals surface area contributed by atoms with E-state index in [1.165, 1.54) is 11.1 Å². The molecule has 0 unspecified atom stereocenters. The summed E-state index contributed by atoms with van der Waals surface area (Å²) < 4.78 is 1.12. The second-order valence-corrected chi connectivity index (χ2v) is 6.44. The average Bonchev–Trinajstić information content (AvgIpc) is 2.61. The number of allylic oxidation sites excluding steroid dienone is 1. The minimum Gasteiger partial charge on any atom is -0.289 e. The summed E-state index contributed by atoms with van der Waals surface area (Å²) in [6.45, 7) is 0. The number of carbonyl (C=O) groups excluding carboxylic acids is 1. The van der Waals surface area contributed by atoms with Gasteiger partial charge < -0.3 is 0 Å². The maximum Gasteiger partial charge on any atom is 0.185 e. The van der Waals surface area contributed by atoms with Gasteiger partial charge in [0.05, 0.1) is 0 Å². The van der Waals surface area contributed by atoms with E-state index in [0.717, 1.165) is 9.13 Å². The Morgan fingerprint density at radius 2 is 1.35 bits per heavy atom. The molecule has 0 amide bonds. The van der Waals surface area contributed by atoms with Crippen LogP contribution in [-0.2, 0) is 0 Å². The van der Waals surface area contributed by atoms with E-state index in [1.54, 1.807) is 6.08 Å². The second kappa shape index (κ2) is 7.38. The van der Waals surface area contributed by atoms with Gasteiger partial charge in [0.15, 0.2) is 5.78 Å². The number of carbonyl (C=O) groups is 1. The van der Waals surface area contributed by atoms with Crippen molar-refractivity contribution in [2.45, 2.75) is 0 Å². The van der Waals surface area contributed by atoms with Crippen LogP contribution in [0.1, 0.15) is 15.9 Å². The number of rotatable bonds is 4. The Labute approximate surface area is 149 Å². The highest BCUT2D eigenvalue weighted by Crippen LogP contribution is 2.19. The number of hydrogen-bond acceptors (Lipinski definition) is 1. The van der Waals surface area contributed by atoms with Gasteiger partial charge in [-0.15, -0.1) is 0 Å². The zero-order valence-corrected chi connectivity index (χ0v) is 14.6. The molecule has 0 aliphatic carbocycles. The molecule has 3 aromatic carbocycles. The third kappa shape index (κ3) is 4.17. The number of hydrogen-bond donors (Lipinski definition) is 0. The van der Waals surface area contributed by atoms with Crippen LogP contribution in [-0.4, -0.2) is 5.78 Å². The molecule has 1 nitrogen and oxygen atoms in total. The summed E-state index contributed by atoms with van der Waals surface area (Å²) in [6, 6.07) is 26.0. The quantitative estimate of drug-likeness (QED) is 0.299. The minimum absolute atomic E-state index is 0.0218. The molecule has 0 spiro atoms. The SMILES string of the molecule is O=C(/C=C/c1ccc(-c2ccccc2)cc1)c1ccc(I)cc1. The molecule has 0 aliphatic rings. The first-order chi connectivity index (χ1) is 11.2. The lowest BCUT2D eigenvalue weighted by atomic mass is 10.0. The summed E-state index contributed by atoms with van der Waals surface area (Å²) in [7, 11) is 0. The molecule has 0 atom stereocenters. The predicted octanol–water partition coefficient (Wildman–Crippen LogP) is 5.85. The fraction of sp³-hybridized carbons (Fsp3) is 0. The van der Waals surface area contributed by atoms with E-state index in [4.69, 9.17) is 0 Å². The Balaban J connectivity index is 1.73. The largest absolute Gasteiger partial charge is 0.289 e. The van der Waals surface area contributed by atoms with Gasteiger partial charge in [-0.2, -0.15) is 0 Å². The van der Waals surface area contributed by atoms with Crippen molar-refractivity contribution >= 4 is 34.5 Å². The summed E-state index contributed by atoms with van der Waals surface area (Å²) in [4.78, 5) is 12.1. The topological polar surface area (TPSA) is 17.1 Å². The molecule has 0 saturated carbocycles. The van der Waals surface area contributed by atoms with Gasteiger partial charge in [-0.25, -0.2) is 0 Å². The number of benzene rings is 3. The molecule has 0 radical (unpaired) electrons. The summed E-state index contributed by atoms with van der Waals surface area (Å²) in [5.41, 5.74) is 4.09. The molecule has 112 valence electrons. The first-order valence-corrected chi connectivity index (χ1v) is 8.44. The molecule has 0 bridgehead atoms. The van der Waals surface area contributed by atoms with E-state index in [9.17, 15) is 4.79 Å². The molecule has 0 aromatic heterocycles. The highest BCUT2D eigenvalue weighted by atomic mass is 127. The van der Waals surface area contributed by atoms with Crippen molar-refractivity contribution in [1.29, 1.82) is 0 Å². The van der Waals surface area contributed by atoms with Crippen molar-refractivity contribution in [2.24, 2.45) is 0 Å². The van der Waals surface area contributed by atoms with Gasteiger partial charge in [0.25, 0.3) is 0 Å². The van der Waals surface area contributed by atoms with Gasteiger partial charge in [0.2, 0.25) is 0 Å². The zero-order chi connectivity index (χ0) is 16.1. The molecule has 0 fully saturated rings. The lowest BCUT2D eigenvalue weighted by Gasteiger charge is -2.02. The molecule has 0 aliphatic heterocycles. The van der Waals surface area contributed by atoms with Crippen LogP contribution in [0.15, 0.2) is 84.9 Å². The van der Waals surface area contributed by atoms with Crippen molar-refractivity contribution in [1.82, 2.24) is 0 Å². The van der Waals surface area contributed by atoms with Crippen molar-refractivity contribution < 1.29 is 4.79 Å². The molecular weight excluding hydrogens is 395 g/mol. The maximum atomic E-state index is 12.1. The van der Waals surface area contributed by atoms with E-state index in [0.29, 0.717) is 5.56 Å². The van der Waals surface area contributed by atoms with Gasteiger partial charge in [0, 0.05) is 9.13 Å². The van der Waals surface area contributed by atoms with E-state index >= 15 is 0 Å². The fourth-order valence-corrected chi connectivity index (χ4v) is 2.66. The van der Waals surface area contributed by atoms with E-state index < -0.39 is 0 Å². The third-order valence-corrected chi connectivity index (χ3v) is 4.29. The van der Waals surface area contributed by atoms with Crippen LogP contribution < -0.4 is 0 Å². The molecular formula is C21H15IO. The normalized spacial score (nSPS) is 10.8. The van der Waals surface area contributed by atoms with Gasteiger partial charge in [-0.3, -0.25) is 4.79 Å². The number of halogens is 1. The summed E-state index contributed by atoms with van der Waals surface area (Å²) >= 11 is 2.23. The van der Waals surface area contributed by atoms with Crippen LogP contribution in [0, 0.1) is 3.57 Å². The molecule has 3 rings (SSSR count). The Morgan fingerprint density at radius 1 is 0.739 bits per heavy atom. The highest BCUT2D eigenvalue weighted by Gasteiger charge is 2.01. The zero-order valence-electron chi connectivity index (χ0n) is 12.4. The van der Waals surface area contributed by atoms with Crippen LogP contribution in [0.25, 0.3) is 17.2 Å². The van der Waals surface area contributed by atoms with Gasteiger partial charge >= 0.3 is 0 Å². The second-order valence-electron chi connectivity index (χ2n) is 5.19. The fourth-order valence-electron chi connectivity index (χ4n) is 2.30. The Hall–Kier alpha value is -2.20. The van der Waals surface area contributed by atoms with E-state index in [2.05, 4.69) is 46.9 Å². The van der Waals surface area contributed by atoms with Crippen molar-refractivity contribution in [3.63, 3.8) is 0 Å². The standard InChI is InChI=1S/C21H15IO/c22-20-13-11-19(12-14-20)21(23)15-8-16-6-9-18(10-7-16)17-4-2-1-3-5-17/h1-15H/b15-8+. The average molecular weight is 410 g/mol. The molecule has 3 aromatic rings. The van der Waals surface area contributed by atoms with E-state index in [1.807, 2.05) is 60.7 Å². The van der Waals surface area contributed by atoms with Crippen LogP contribution in [0.5, 0.6) is 0 Å². The molecule has 23 heavy (non-hydrogen) atoms. The minimum atomic E-state index is 0.0218. The van der Waals surface area contributed by atoms with Gasteiger partial charge in [-0.1, -0.05) is 72.8 Å². The van der Waals surface area contributed by atoms with Gasteiger partial charge in [0.1, 0.15) is 0 Å². The maximum absolute atomic E-state index is 12.1. The molecule has 0 heterocycles. The van der Waals surface area contributed by atoms with Crippen molar-refractivity contribution in [3.05, 3.63) is 99.6 Å². The monoisotopic (exact) mass is 410 g/mol. The first-order valence-electron chi connectivity index (χ1n) is 7.36. The molecule has 0 saturated heterocycles. The lowest BCUT2D eigenvalue weighted by Crippen LogP contribution is -1.93. The van der Waals surface area contributed by atoms with Gasteiger partial charge in [-0.05, 0) is 57.5 Å². The number of ketones is 1. The molecule has 2 heteroatoms. The van der Waals surface area contributed by atoms with Crippen LogP contribution in [0.2, 0.25) is 0 Å². The first kappa shape index (κ1) is 15.7. The Kier molecular flexibility index (Phi) is 5.03. The predicted molar refractivity (Wildman–Crippen MR) is 104 cm³/mol. The van der Waals surface area contributed by atoms with Crippen LogP contribution >= 0.6 is 22.6 Å². The summed E-state index contributed by atoms with van der Waals surface area (Å²) in [5.74, 6) is 0.0218. The Bertz CT molecular complexity index is 816. The molecule has 0 N–H and O–H groups in total. The lowest BCUT2D eigenvalue weighted by molar-refractivity contribution is 0.104.